The number of ether oxygens (including phenoxy) is 1. The van der Waals surface area contributed by atoms with E-state index in [1.54, 1.807) is 23.9 Å². The van der Waals surface area contributed by atoms with Crippen LogP contribution in [0.2, 0.25) is 0 Å². The molecule has 0 unspecified atom stereocenters. The second kappa shape index (κ2) is 9.55. The number of hydrogen-bond acceptors (Lipinski definition) is 7. The van der Waals surface area contributed by atoms with Crippen molar-refractivity contribution >= 4 is 34.1 Å². The first-order valence-electron chi connectivity index (χ1n) is 8.94. The number of benzene rings is 2. The van der Waals surface area contributed by atoms with Gasteiger partial charge in [0, 0.05) is 5.75 Å². The molecule has 1 amide bonds. The average Bonchev–Trinajstić information content (AvgIpc) is 3.42. The van der Waals surface area contributed by atoms with Gasteiger partial charge in [0.05, 0.1) is 0 Å². The third kappa shape index (κ3) is 5.46. The highest BCUT2D eigenvalue weighted by Gasteiger charge is 2.15. The number of rotatable bonds is 8. The molecule has 0 saturated carbocycles. The number of hydrogen-bond donors (Lipinski definition) is 1. The van der Waals surface area contributed by atoms with E-state index in [0.29, 0.717) is 16.6 Å². The lowest BCUT2D eigenvalue weighted by atomic mass is 10.2. The van der Waals surface area contributed by atoms with E-state index in [4.69, 9.17) is 9.15 Å². The fourth-order valence-corrected chi connectivity index (χ4v) is 4.16. The van der Waals surface area contributed by atoms with Gasteiger partial charge in [0.15, 0.2) is 10.1 Å². The SMILES string of the molecule is O=C(Nc1nnc(SCc2ccccc2)s1)c1ccc(COc2ccc(F)cc2)o1. The molecule has 0 aliphatic carbocycles. The van der Waals surface area contributed by atoms with Gasteiger partial charge in [0.25, 0.3) is 5.91 Å². The summed E-state index contributed by atoms with van der Waals surface area (Å²) in [4.78, 5) is 12.4. The lowest BCUT2D eigenvalue weighted by Gasteiger charge is -2.03. The Bertz CT molecular complexity index is 1110. The summed E-state index contributed by atoms with van der Waals surface area (Å²) in [5.41, 5.74) is 1.19. The van der Waals surface area contributed by atoms with Crippen LogP contribution >= 0.6 is 23.1 Å². The molecule has 30 heavy (non-hydrogen) atoms. The molecule has 0 spiro atoms. The van der Waals surface area contributed by atoms with Crippen molar-refractivity contribution in [3.8, 4) is 5.75 Å². The molecule has 152 valence electrons. The van der Waals surface area contributed by atoms with Gasteiger partial charge in [0.1, 0.15) is 23.9 Å². The second-order valence-electron chi connectivity index (χ2n) is 6.11. The Morgan fingerprint density at radius 2 is 1.87 bits per heavy atom. The fraction of sp³-hybridized carbons (Fsp3) is 0.0952. The van der Waals surface area contributed by atoms with Crippen LogP contribution in [0.25, 0.3) is 0 Å². The van der Waals surface area contributed by atoms with E-state index in [0.717, 1.165) is 10.1 Å². The van der Waals surface area contributed by atoms with Crippen molar-refractivity contribution in [2.24, 2.45) is 0 Å². The van der Waals surface area contributed by atoms with Crippen LogP contribution in [0.1, 0.15) is 21.9 Å². The molecule has 2 heterocycles. The Hall–Kier alpha value is -3.17. The standard InChI is InChI=1S/C21H16FN3O3S2/c22-15-6-8-16(9-7-15)27-12-17-10-11-18(28-17)19(26)23-20-24-25-21(30-20)29-13-14-4-2-1-3-5-14/h1-11H,12-13H2,(H,23,24,26). The summed E-state index contributed by atoms with van der Waals surface area (Å²) in [5, 5.41) is 11.2. The topological polar surface area (TPSA) is 77.2 Å². The zero-order chi connectivity index (χ0) is 20.8. The number of aromatic nitrogens is 2. The van der Waals surface area contributed by atoms with E-state index in [1.165, 1.54) is 41.2 Å². The highest BCUT2D eigenvalue weighted by molar-refractivity contribution is 8.00. The van der Waals surface area contributed by atoms with Gasteiger partial charge < -0.3 is 9.15 Å². The summed E-state index contributed by atoms with van der Waals surface area (Å²) in [5.74, 6) is 1.14. The van der Waals surface area contributed by atoms with Crippen molar-refractivity contribution < 1.29 is 18.3 Å². The van der Waals surface area contributed by atoms with Gasteiger partial charge >= 0.3 is 0 Å². The first kappa shape index (κ1) is 20.1. The molecule has 0 atom stereocenters. The highest BCUT2D eigenvalue weighted by Crippen LogP contribution is 2.28. The smallest absolute Gasteiger partial charge is 0.293 e. The second-order valence-corrected chi connectivity index (χ2v) is 8.31. The molecule has 1 N–H and O–H groups in total. The van der Waals surface area contributed by atoms with E-state index in [9.17, 15) is 9.18 Å². The van der Waals surface area contributed by atoms with Crippen molar-refractivity contribution in [1.29, 1.82) is 0 Å². The Morgan fingerprint density at radius 1 is 1.07 bits per heavy atom. The van der Waals surface area contributed by atoms with Gasteiger partial charge in [-0.1, -0.05) is 53.4 Å². The monoisotopic (exact) mass is 441 g/mol. The molecule has 2 aromatic carbocycles. The quantitative estimate of drug-likeness (QED) is 0.292. The lowest BCUT2D eigenvalue weighted by Crippen LogP contribution is -2.10. The molecule has 0 bridgehead atoms. The minimum Gasteiger partial charge on any atom is -0.486 e. The minimum absolute atomic E-state index is 0.123. The number of furan rings is 1. The minimum atomic E-state index is -0.418. The maximum Gasteiger partial charge on any atom is 0.293 e. The Labute approximate surface area is 180 Å². The largest absolute Gasteiger partial charge is 0.486 e. The molecule has 0 aliphatic rings. The summed E-state index contributed by atoms with van der Waals surface area (Å²) in [6, 6.07) is 18.9. The first-order chi connectivity index (χ1) is 14.7. The average molecular weight is 442 g/mol. The predicted molar refractivity (Wildman–Crippen MR) is 113 cm³/mol. The number of thioether (sulfide) groups is 1. The molecule has 2 aromatic heterocycles. The number of nitrogens with zero attached hydrogens (tertiary/aromatic N) is 2. The van der Waals surface area contributed by atoms with Gasteiger partial charge in [-0.05, 0) is 42.0 Å². The normalized spacial score (nSPS) is 10.7. The predicted octanol–water partition coefficient (Wildman–Crippen LogP) is 5.39. The lowest BCUT2D eigenvalue weighted by molar-refractivity contribution is 0.0992. The van der Waals surface area contributed by atoms with Gasteiger partial charge in [-0.15, -0.1) is 10.2 Å². The van der Waals surface area contributed by atoms with Gasteiger partial charge in [-0.3, -0.25) is 10.1 Å². The molecule has 0 saturated heterocycles. The van der Waals surface area contributed by atoms with Crippen LogP contribution in [-0.2, 0) is 12.4 Å². The van der Waals surface area contributed by atoms with E-state index < -0.39 is 5.91 Å². The Kier molecular flexibility index (Phi) is 6.41. The van der Waals surface area contributed by atoms with Crippen molar-refractivity contribution in [3.63, 3.8) is 0 Å². The number of nitrogens with one attached hydrogen (secondary N) is 1. The van der Waals surface area contributed by atoms with Gasteiger partial charge in [-0.25, -0.2) is 4.39 Å². The molecule has 9 heteroatoms. The summed E-state index contributed by atoms with van der Waals surface area (Å²) in [6.07, 6.45) is 0. The number of halogens is 1. The molecular formula is C21H16FN3O3S2. The third-order valence-corrected chi connectivity index (χ3v) is 5.96. The van der Waals surface area contributed by atoms with Crippen LogP contribution in [0.15, 0.2) is 75.5 Å². The van der Waals surface area contributed by atoms with Crippen LogP contribution in [0, 0.1) is 5.82 Å². The fourth-order valence-electron chi connectivity index (χ4n) is 2.46. The van der Waals surface area contributed by atoms with Crippen molar-refractivity contribution in [2.75, 3.05) is 5.32 Å². The molecule has 0 radical (unpaired) electrons. The number of carbonyl (C=O) groups excluding carboxylic acids is 1. The van der Waals surface area contributed by atoms with Crippen LogP contribution in [-0.4, -0.2) is 16.1 Å². The van der Waals surface area contributed by atoms with Crippen molar-refractivity contribution in [3.05, 3.63) is 89.6 Å². The molecule has 4 rings (SSSR count). The molecule has 4 aromatic rings. The Morgan fingerprint density at radius 3 is 2.67 bits per heavy atom. The van der Waals surface area contributed by atoms with Crippen molar-refractivity contribution in [2.45, 2.75) is 16.7 Å². The van der Waals surface area contributed by atoms with Crippen molar-refractivity contribution in [1.82, 2.24) is 10.2 Å². The van der Waals surface area contributed by atoms with Crippen LogP contribution in [0.3, 0.4) is 0 Å². The molecule has 0 aliphatic heterocycles. The van der Waals surface area contributed by atoms with E-state index in [1.807, 2.05) is 30.3 Å². The number of amides is 1. The Balaban J connectivity index is 1.29. The third-order valence-electron chi connectivity index (χ3n) is 3.91. The summed E-state index contributed by atoms with van der Waals surface area (Å²) in [7, 11) is 0. The highest BCUT2D eigenvalue weighted by atomic mass is 32.2. The van der Waals surface area contributed by atoms with Crippen LogP contribution < -0.4 is 10.1 Å². The summed E-state index contributed by atoms with van der Waals surface area (Å²) < 4.78 is 24.7. The molecule has 0 fully saturated rings. The summed E-state index contributed by atoms with van der Waals surface area (Å²) in [6.45, 7) is 0.123. The summed E-state index contributed by atoms with van der Waals surface area (Å²) >= 11 is 2.86. The zero-order valence-corrected chi connectivity index (χ0v) is 17.2. The zero-order valence-electron chi connectivity index (χ0n) is 15.6. The first-order valence-corrected chi connectivity index (χ1v) is 10.7. The van der Waals surface area contributed by atoms with E-state index >= 15 is 0 Å². The van der Waals surface area contributed by atoms with Gasteiger partial charge in [-0.2, -0.15) is 0 Å². The number of anilines is 1. The maximum atomic E-state index is 12.9. The number of carbonyl (C=O) groups is 1. The van der Waals surface area contributed by atoms with E-state index in [-0.39, 0.29) is 18.2 Å². The van der Waals surface area contributed by atoms with Crippen LogP contribution in [0.4, 0.5) is 9.52 Å². The van der Waals surface area contributed by atoms with E-state index in [2.05, 4.69) is 15.5 Å². The maximum absolute atomic E-state index is 12.9. The molecule has 6 nitrogen and oxygen atoms in total. The van der Waals surface area contributed by atoms with Gasteiger partial charge in [0.2, 0.25) is 5.13 Å². The van der Waals surface area contributed by atoms with Crippen LogP contribution in [0.5, 0.6) is 5.75 Å². The molecular weight excluding hydrogens is 425 g/mol.